The summed E-state index contributed by atoms with van der Waals surface area (Å²) >= 11 is 0. The number of ketones is 1. The second-order valence-electron chi connectivity index (χ2n) is 6.47. The van der Waals surface area contributed by atoms with Gasteiger partial charge in [0, 0.05) is 18.7 Å². The van der Waals surface area contributed by atoms with Crippen LogP contribution in [0.4, 0.5) is 8.78 Å². The van der Waals surface area contributed by atoms with Crippen LogP contribution in [0.15, 0.2) is 48.0 Å². The number of ether oxygens (including phenoxy) is 1. The lowest BCUT2D eigenvalue weighted by atomic mass is 9.95. The highest BCUT2D eigenvalue weighted by Crippen LogP contribution is 2.39. The molecule has 1 heterocycles. The fraction of sp³-hybridized carbons (Fsp3) is 0.238. The van der Waals surface area contributed by atoms with Crippen molar-refractivity contribution >= 4 is 17.4 Å². The van der Waals surface area contributed by atoms with E-state index in [0.29, 0.717) is 5.56 Å². The summed E-state index contributed by atoms with van der Waals surface area (Å²) in [6.45, 7) is -0.153. The van der Waals surface area contributed by atoms with Crippen molar-refractivity contribution in [2.24, 2.45) is 0 Å². The molecule has 1 aliphatic heterocycles. The van der Waals surface area contributed by atoms with Crippen LogP contribution < -0.4 is 4.74 Å². The minimum atomic E-state index is -0.993. The first-order valence-corrected chi connectivity index (χ1v) is 8.87. The molecule has 0 unspecified atom stereocenters. The van der Waals surface area contributed by atoms with E-state index in [2.05, 4.69) is 0 Å². The molecule has 0 spiro atoms. The molecule has 1 fully saturated rings. The molecule has 29 heavy (non-hydrogen) atoms. The molecule has 152 valence electrons. The van der Waals surface area contributed by atoms with Crippen molar-refractivity contribution < 1.29 is 33.3 Å². The van der Waals surface area contributed by atoms with Crippen LogP contribution in [0.1, 0.15) is 23.6 Å². The molecule has 2 aromatic rings. The van der Waals surface area contributed by atoms with Gasteiger partial charge in [-0.1, -0.05) is 12.1 Å². The zero-order valence-electron chi connectivity index (χ0n) is 15.6. The standard InChI is InChI=1S/C21H19F2NO5/c1-29-16-8-5-13(11-15(16)23)19(26)17-18(12-3-6-14(22)7-4-12)24(9-2-10-25)21(28)20(17)27/h3-8,11,18,25-26H,2,9-10H2,1H3/t18-/m0/s1. The number of hydrogen-bond donors (Lipinski definition) is 2. The number of methoxy groups -OCH3 is 1. The van der Waals surface area contributed by atoms with Crippen molar-refractivity contribution in [1.82, 2.24) is 4.90 Å². The van der Waals surface area contributed by atoms with Crippen LogP contribution in [0.3, 0.4) is 0 Å². The first-order valence-electron chi connectivity index (χ1n) is 8.87. The number of benzene rings is 2. The molecule has 1 amide bonds. The third kappa shape index (κ3) is 3.84. The molecule has 6 nitrogen and oxygen atoms in total. The molecule has 2 aromatic carbocycles. The van der Waals surface area contributed by atoms with Gasteiger partial charge in [-0.2, -0.15) is 0 Å². The highest BCUT2D eigenvalue weighted by Gasteiger charge is 2.45. The van der Waals surface area contributed by atoms with Crippen LogP contribution in [0.25, 0.3) is 5.76 Å². The summed E-state index contributed by atoms with van der Waals surface area (Å²) in [6.07, 6.45) is 0.210. The van der Waals surface area contributed by atoms with E-state index in [9.17, 15) is 23.5 Å². The van der Waals surface area contributed by atoms with Gasteiger partial charge in [-0.05, 0) is 42.3 Å². The summed E-state index contributed by atoms with van der Waals surface area (Å²) < 4.78 is 32.3. The van der Waals surface area contributed by atoms with E-state index >= 15 is 0 Å². The van der Waals surface area contributed by atoms with Gasteiger partial charge in [0.2, 0.25) is 0 Å². The Hall–Kier alpha value is -3.26. The lowest BCUT2D eigenvalue weighted by Gasteiger charge is -2.25. The number of aliphatic hydroxyl groups is 2. The van der Waals surface area contributed by atoms with Crippen LogP contribution >= 0.6 is 0 Å². The number of amides is 1. The minimum absolute atomic E-state index is 0.00410. The number of carbonyl (C=O) groups is 2. The summed E-state index contributed by atoms with van der Waals surface area (Å²) in [5.41, 5.74) is 0.166. The number of aliphatic hydroxyl groups excluding tert-OH is 2. The fourth-order valence-electron chi connectivity index (χ4n) is 3.31. The third-order valence-corrected chi connectivity index (χ3v) is 4.71. The van der Waals surface area contributed by atoms with Gasteiger partial charge in [0.25, 0.3) is 11.7 Å². The molecule has 1 saturated heterocycles. The highest BCUT2D eigenvalue weighted by atomic mass is 19.1. The zero-order chi connectivity index (χ0) is 21.1. The minimum Gasteiger partial charge on any atom is -0.507 e. The van der Waals surface area contributed by atoms with Crippen LogP contribution in [-0.2, 0) is 9.59 Å². The van der Waals surface area contributed by atoms with Crippen molar-refractivity contribution in [2.75, 3.05) is 20.3 Å². The maximum absolute atomic E-state index is 14.1. The van der Waals surface area contributed by atoms with E-state index in [0.717, 1.165) is 6.07 Å². The molecule has 8 heteroatoms. The van der Waals surface area contributed by atoms with E-state index in [1.54, 1.807) is 0 Å². The lowest BCUT2D eigenvalue weighted by molar-refractivity contribution is -0.140. The molecule has 3 rings (SSSR count). The predicted octanol–water partition coefficient (Wildman–Crippen LogP) is 2.78. The number of hydrogen-bond acceptors (Lipinski definition) is 5. The Morgan fingerprint density at radius 2 is 1.83 bits per heavy atom. The molecular formula is C21H19F2NO5. The molecule has 1 aliphatic rings. The molecule has 0 bridgehead atoms. The van der Waals surface area contributed by atoms with Gasteiger partial charge < -0.3 is 19.8 Å². The Morgan fingerprint density at radius 3 is 2.41 bits per heavy atom. The summed E-state index contributed by atoms with van der Waals surface area (Å²) in [5.74, 6) is -3.64. The monoisotopic (exact) mass is 403 g/mol. The van der Waals surface area contributed by atoms with E-state index in [4.69, 9.17) is 9.84 Å². The lowest BCUT2D eigenvalue weighted by Crippen LogP contribution is -2.31. The smallest absolute Gasteiger partial charge is 0.295 e. The highest BCUT2D eigenvalue weighted by molar-refractivity contribution is 6.46. The Morgan fingerprint density at radius 1 is 1.14 bits per heavy atom. The van der Waals surface area contributed by atoms with Crippen molar-refractivity contribution in [3.63, 3.8) is 0 Å². The van der Waals surface area contributed by atoms with Gasteiger partial charge in [-0.3, -0.25) is 9.59 Å². The maximum Gasteiger partial charge on any atom is 0.295 e. The average Bonchev–Trinajstić information content (AvgIpc) is 2.96. The average molecular weight is 403 g/mol. The number of rotatable bonds is 6. The van der Waals surface area contributed by atoms with E-state index in [1.165, 1.54) is 48.4 Å². The van der Waals surface area contributed by atoms with Crippen molar-refractivity contribution in [1.29, 1.82) is 0 Å². The summed E-state index contributed by atoms with van der Waals surface area (Å²) in [5, 5.41) is 19.9. The van der Waals surface area contributed by atoms with Gasteiger partial charge in [0.15, 0.2) is 11.6 Å². The fourth-order valence-corrected chi connectivity index (χ4v) is 3.31. The Bertz CT molecular complexity index is 972. The molecule has 0 saturated carbocycles. The SMILES string of the molecule is COc1ccc(C(O)=C2C(=O)C(=O)N(CCCO)[C@H]2c2ccc(F)cc2)cc1F. The van der Waals surface area contributed by atoms with Gasteiger partial charge in [0.1, 0.15) is 11.6 Å². The quantitative estimate of drug-likeness (QED) is 0.440. The molecular weight excluding hydrogens is 384 g/mol. The maximum atomic E-state index is 14.1. The second kappa shape index (κ2) is 8.40. The van der Waals surface area contributed by atoms with Gasteiger partial charge in [0.05, 0.1) is 18.7 Å². The number of carbonyl (C=O) groups excluding carboxylic acids is 2. The van der Waals surface area contributed by atoms with E-state index in [1.807, 2.05) is 0 Å². The molecule has 0 aliphatic carbocycles. The predicted molar refractivity (Wildman–Crippen MR) is 100 cm³/mol. The van der Waals surface area contributed by atoms with Crippen LogP contribution in [0.5, 0.6) is 5.75 Å². The molecule has 0 aromatic heterocycles. The Labute approximate surface area is 165 Å². The molecule has 1 atom stereocenters. The topological polar surface area (TPSA) is 87.1 Å². The summed E-state index contributed by atoms with van der Waals surface area (Å²) in [4.78, 5) is 26.5. The van der Waals surface area contributed by atoms with E-state index in [-0.39, 0.29) is 36.5 Å². The zero-order valence-corrected chi connectivity index (χ0v) is 15.6. The van der Waals surface area contributed by atoms with Gasteiger partial charge in [-0.25, -0.2) is 8.78 Å². The normalized spacial score (nSPS) is 18.3. The third-order valence-electron chi connectivity index (χ3n) is 4.71. The Balaban J connectivity index is 2.15. The largest absolute Gasteiger partial charge is 0.507 e. The molecule has 2 N–H and O–H groups in total. The number of nitrogens with zero attached hydrogens (tertiary/aromatic N) is 1. The number of likely N-dealkylation sites (tertiary alicyclic amines) is 1. The summed E-state index contributed by atoms with van der Waals surface area (Å²) in [7, 11) is 1.29. The number of halogens is 2. The van der Waals surface area contributed by atoms with Crippen molar-refractivity contribution in [2.45, 2.75) is 12.5 Å². The van der Waals surface area contributed by atoms with E-state index < -0.39 is 35.1 Å². The van der Waals surface area contributed by atoms with Gasteiger partial charge >= 0.3 is 0 Å². The van der Waals surface area contributed by atoms with Crippen LogP contribution in [0.2, 0.25) is 0 Å². The van der Waals surface area contributed by atoms with Gasteiger partial charge in [-0.15, -0.1) is 0 Å². The van der Waals surface area contributed by atoms with Crippen molar-refractivity contribution in [3.8, 4) is 5.75 Å². The summed E-state index contributed by atoms with van der Waals surface area (Å²) in [6, 6.07) is 7.81. The second-order valence-corrected chi connectivity index (χ2v) is 6.47. The first kappa shape index (κ1) is 20.5. The van der Waals surface area contributed by atoms with Crippen LogP contribution in [0, 0.1) is 11.6 Å². The Kier molecular flexibility index (Phi) is 5.93. The van der Waals surface area contributed by atoms with Crippen molar-refractivity contribution in [3.05, 3.63) is 70.8 Å². The first-order chi connectivity index (χ1) is 13.9. The number of Topliss-reactive ketones (excluding diaryl/α,β-unsaturated/α-hetero) is 1. The molecule has 0 radical (unpaired) electrons. The van der Waals surface area contributed by atoms with Crippen LogP contribution in [-0.4, -0.2) is 47.1 Å².